The van der Waals surface area contributed by atoms with Crippen LogP contribution in [-0.4, -0.2) is 141 Å². The summed E-state index contributed by atoms with van der Waals surface area (Å²) in [7, 11) is 6.94. The number of nitrogens with one attached hydrogen (secondary N) is 1. The molecule has 220 valence electrons. The van der Waals surface area contributed by atoms with Crippen molar-refractivity contribution in [3.8, 4) is 0 Å². The molecule has 39 heavy (non-hydrogen) atoms. The van der Waals surface area contributed by atoms with Gasteiger partial charge in [-0.05, 0) is 60.8 Å². The molecule has 0 aromatic carbocycles. The summed E-state index contributed by atoms with van der Waals surface area (Å²) in [6.45, 7) is 2.49. The van der Waals surface area contributed by atoms with Crippen LogP contribution in [0.25, 0.3) is 0 Å². The minimum atomic E-state index is -0.887. The van der Waals surface area contributed by atoms with Gasteiger partial charge in [-0.3, -0.25) is 29.0 Å². The molecule has 4 atom stereocenters. The highest BCUT2D eigenvalue weighted by atomic mass is 16.5. The van der Waals surface area contributed by atoms with E-state index < -0.39 is 42.0 Å². The van der Waals surface area contributed by atoms with Crippen molar-refractivity contribution in [2.75, 3.05) is 61.0 Å². The molecule has 2 rings (SSSR count). The van der Waals surface area contributed by atoms with Crippen molar-refractivity contribution < 1.29 is 38.2 Å². The number of amides is 3. The van der Waals surface area contributed by atoms with Crippen LogP contribution in [0.5, 0.6) is 0 Å². The summed E-state index contributed by atoms with van der Waals surface area (Å²) in [4.78, 5) is 80.3. The minimum Gasteiger partial charge on any atom is -0.465 e. The van der Waals surface area contributed by atoms with Gasteiger partial charge in [0.2, 0.25) is 17.7 Å². The summed E-state index contributed by atoms with van der Waals surface area (Å²) >= 11 is 0. The zero-order valence-electron chi connectivity index (χ0n) is 23.7. The summed E-state index contributed by atoms with van der Waals surface area (Å²) in [6, 6.07) is -2.72. The van der Waals surface area contributed by atoms with Crippen molar-refractivity contribution in [2.45, 2.75) is 69.6 Å². The zero-order chi connectivity index (χ0) is 29.1. The number of likely N-dealkylation sites (N-methyl/N-ethyl adjacent to an activating group) is 2. The molecule has 0 aromatic rings. The third-order valence-corrected chi connectivity index (χ3v) is 6.90. The van der Waals surface area contributed by atoms with Crippen molar-refractivity contribution in [1.82, 2.24) is 24.9 Å². The lowest BCUT2D eigenvalue weighted by atomic mass is 10.1. The lowest BCUT2D eigenvalue weighted by Gasteiger charge is -2.29. The fraction of sp³-hybridized carbons (Fsp3) is 0.769. The fourth-order valence-corrected chi connectivity index (χ4v) is 4.83. The summed E-state index contributed by atoms with van der Waals surface area (Å²) in [5, 5.41) is 2.72. The Morgan fingerprint density at radius 1 is 0.974 bits per heavy atom. The van der Waals surface area contributed by atoms with Crippen LogP contribution in [0.15, 0.2) is 0 Å². The van der Waals surface area contributed by atoms with Crippen molar-refractivity contribution >= 4 is 35.9 Å². The number of rotatable bonds is 14. The predicted octanol–water partition coefficient (Wildman–Crippen LogP) is -0.970. The van der Waals surface area contributed by atoms with Gasteiger partial charge in [0.05, 0.1) is 31.7 Å². The smallest absolute Gasteiger partial charge is 0.328 e. The van der Waals surface area contributed by atoms with E-state index in [0.717, 1.165) is 12.7 Å². The molecule has 13 nitrogen and oxygen atoms in total. The van der Waals surface area contributed by atoms with Crippen molar-refractivity contribution in [2.24, 2.45) is 0 Å². The summed E-state index contributed by atoms with van der Waals surface area (Å²) in [6.07, 6.45) is 3.43. The molecule has 0 bridgehead atoms. The van der Waals surface area contributed by atoms with Gasteiger partial charge in [-0.2, -0.15) is 0 Å². The largest absolute Gasteiger partial charge is 0.465 e. The van der Waals surface area contributed by atoms with Crippen LogP contribution < -0.4 is 5.32 Å². The lowest BCUT2D eigenvalue weighted by molar-refractivity contribution is -0.155. The van der Waals surface area contributed by atoms with Crippen LogP contribution in [-0.2, 0) is 38.2 Å². The number of likely N-dealkylation sites (tertiary alicyclic amines) is 2. The number of hydrogen-bond acceptors (Lipinski definition) is 10. The number of carbonyl (C=O) groups is 6. The van der Waals surface area contributed by atoms with Crippen LogP contribution in [0.4, 0.5) is 0 Å². The van der Waals surface area contributed by atoms with Crippen LogP contribution in [0.1, 0.15) is 45.4 Å². The molecule has 13 heteroatoms. The SMILES string of the molecule is CC(NC(=O)C(CCOC(=O)CN(C)C)N(C)C)C(=O)N1CCCC1C(=O)OCCC(=O)N1CCCC1C=O. The standard InChI is InChI=1S/C26H43N5O8/c1-18(27-24(35)20(29(4)5)10-14-38-23(34)16-28(2)3)25(36)31-13-7-9-21(31)26(37)39-15-11-22(33)30-12-6-8-19(30)17-32/h17-21H,6-16H2,1-5H3,(H,27,35). The second-order valence-corrected chi connectivity index (χ2v) is 10.5. The van der Waals surface area contributed by atoms with E-state index in [9.17, 15) is 28.8 Å². The Hall–Kier alpha value is -3.06. The quantitative estimate of drug-likeness (QED) is 0.211. The first-order valence-electron chi connectivity index (χ1n) is 13.4. The summed E-state index contributed by atoms with van der Waals surface area (Å²) < 4.78 is 10.5. The number of esters is 2. The molecule has 2 aliphatic heterocycles. The van der Waals surface area contributed by atoms with Gasteiger partial charge in [0.25, 0.3) is 0 Å². The van der Waals surface area contributed by atoms with E-state index in [2.05, 4.69) is 5.32 Å². The highest BCUT2D eigenvalue weighted by molar-refractivity contribution is 5.92. The average Bonchev–Trinajstić information content (AvgIpc) is 3.55. The second kappa shape index (κ2) is 15.5. The van der Waals surface area contributed by atoms with Gasteiger partial charge < -0.3 is 29.4 Å². The molecule has 4 unspecified atom stereocenters. The molecule has 3 amide bonds. The molecule has 2 saturated heterocycles. The van der Waals surface area contributed by atoms with Crippen LogP contribution in [0.3, 0.4) is 0 Å². The normalized spacial score (nSPS) is 20.6. The van der Waals surface area contributed by atoms with Crippen LogP contribution in [0, 0.1) is 0 Å². The first-order chi connectivity index (χ1) is 18.5. The van der Waals surface area contributed by atoms with Gasteiger partial charge >= 0.3 is 11.9 Å². The molecule has 2 heterocycles. The highest BCUT2D eigenvalue weighted by Crippen LogP contribution is 2.21. The van der Waals surface area contributed by atoms with E-state index in [1.165, 1.54) is 9.80 Å². The van der Waals surface area contributed by atoms with Gasteiger partial charge in [-0.1, -0.05) is 0 Å². The maximum absolute atomic E-state index is 13.1. The number of ether oxygens (including phenoxy) is 2. The van der Waals surface area contributed by atoms with E-state index in [-0.39, 0.29) is 44.5 Å². The Morgan fingerprint density at radius 3 is 2.28 bits per heavy atom. The fourth-order valence-electron chi connectivity index (χ4n) is 4.83. The first kappa shape index (κ1) is 32.2. The third-order valence-electron chi connectivity index (χ3n) is 6.90. The second-order valence-electron chi connectivity index (χ2n) is 10.5. The number of aldehydes is 1. The molecule has 2 aliphatic rings. The molecule has 0 radical (unpaired) electrons. The Morgan fingerprint density at radius 2 is 1.64 bits per heavy atom. The minimum absolute atomic E-state index is 0.0282. The van der Waals surface area contributed by atoms with E-state index in [1.807, 2.05) is 0 Å². The highest BCUT2D eigenvalue weighted by Gasteiger charge is 2.38. The Balaban J connectivity index is 1.84. The summed E-state index contributed by atoms with van der Waals surface area (Å²) in [5.41, 5.74) is 0. The number of hydrogen-bond donors (Lipinski definition) is 1. The van der Waals surface area contributed by atoms with Gasteiger partial charge in [-0.25, -0.2) is 4.79 Å². The molecule has 0 spiro atoms. The van der Waals surface area contributed by atoms with E-state index in [1.54, 1.807) is 44.9 Å². The monoisotopic (exact) mass is 553 g/mol. The van der Waals surface area contributed by atoms with Crippen LogP contribution >= 0.6 is 0 Å². The number of carbonyl (C=O) groups excluding carboxylic acids is 6. The molecule has 0 aromatic heterocycles. The number of nitrogens with zero attached hydrogens (tertiary/aromatic N) is 4. The van der Waals surface area contributed by atoms with E-state index >= 15 is 0 Å². The van der Waals surface area contributed by atoms with Crippen molar-refractivity contribution in [1.29, 1.82) is 0 Å². The van der Waals surface area contributed by atoms with E-state index in [4.69, 9.17) is 9.47 Å². The van der Waals surface area contributed by atoms with Crippen molar-refractivity contribution in [3.05, 3.63) is 0 Å². The summed E-state index contributed by atoms with van der Waals surface area (Å²) in [5.74, 6) is -2.02. The topological polar surface area (TPSA) is 146 Å². The molecule has 2 fully saturated rings. The predicted molar refractivity (Wildman–Crippen MR) is 140 cm³/mol. The van der Waals surface area contributed by atoms with Crippen molar-refractivity contribution in [3.63, 3.8) is 0 Å². The van der Waals surface area contributed by atoms with Gasteiger partial charge in [0, 0.05) is 19.5 Å². The first-order valence-corrected chi connectivity index (χ1v) is 13.4. The maximum atomic E-state index is 13.1. The van der Waals surface area contributed by atoms with Gasteiger partial charge in [0.15, 0.2) is 0 Å². The Kier molecular flexibility index (Phi) is 12.8. The maximum Gasteiger partial charge on any atom is 0.328 e. The van der Waals surface area contributed by atoms with Crippen LogP contribution in [0.2, 0.25) is 0 Å². The lowest BCUT2D eigenvalue weighted by Crippen LogP contribution is -2.54. The molecule has 1 N–H and O–H groups in total. The Labute approximate surface area is 230 Å². The molecule has 0 aliphatic carbocycles. The molecular formula is C26H43N5O8. The Bertz CT molecular complexity index is 896. The van der Waals surface area contributed by atoms with Gasteiger partial charge in [0.1, 0.15) is 25.0 Å². The molecular weight excluding hydrogens is 510 g/mol. The zero-order valence-corrected chi connectivity index (χ0v) is 23.7. The molecule has 0 saturated carbocycles. The third kappa shape index (κ3) is 9.57. The average molecular weight is 554 g/mol. The van der Waals surface area contributed by atoms with Gasteiger partial charge in [-0.15, -0.1) is 0 Å². The van der Waals surface area contributed by atoms with E-state index in [0.29, 0.717) is 32.4 Å².